The highest BCUT2D eigenvalue weighted by Crippen LogP contribution is 2.29. The predicted octanol–water partition coefficient (Wildman–Crippen LogP) is 1.47. The number of likely N-dealkylation sites (N-methyl/N-ethyl adjacent to an activating group) is 1. The van der Waals surface area contributed by atoms with E-state index in [0.29, 0.717) is 12.6 Å². The maximum absolute atomic E-state index is 9.04. The Labute approximate surface area is 100 Å². The van der Waals surface area contributed by atoms with Gasteiger partial charge in [-0.25, -0.2) is 0 Å². The highest BCUT2D eigenvalue weighted by Gasteiger charge is 2.24. The first kappa shape index (κ1) is 13.9. The number of hydrogen-bond donors (Lipinski definition) is 2. The Balaban J connectivity index is 2.29. The van der Waals surface area contributed by atoms with E-state index in [1.54, 1.807) is 0 Å². The third-order valence-electron chi connectivity index (χ3n) is 3.20. The lowest BCUT2D eigenvalue weighted by molar-refractivity contribution is 0.203. The van der Waals surface area contributed by atoms with E-state index in [4.69, 9.17) is 5.11 Å². The number of nitrogens with one attached hydrogen (secondary N) is 1. The van der Waals surface area contributed by atoms with Gasteiger partial charge in [0, 0.05) is 25.7 Å². The van der Waals surface area contributed by atoms with Gasteiger partial charge in [0.25, 0.3) is 0 Å². The standard InChI is InChI=1S/C13H28N2O/c1-3-8-15(10-12-5-6-12)11-13(7-9-16)14-4-2/h12-14,16H,3-11H2,1-2H3. The number of nitrogens with zero attached hydrogens (tertiary/aromatic N) is 1. The molecule has 1 aliphatic carbocycles. The third-order valence-corrected chi connectivity index (χ3v) is 3.20. The van der Waals surface area contributed by atoms with Crippen LogP contribution in [0.1, 0.15) is 39.5 Å². The molecule has 0 amide bonds. The lowest BCUT2D eigenvalue weighted by atomic mass is 10.2. The lowest BCUT2D eigenvalue weighted by Gasteiger charge is -2.27. The average Bonchev–Trinajstić information content (AvgIpc) is 3.03. The van der Waals surface area contributed by atoms with E-state index in [-0.39, 0.29) is 0 Å². The first-order chi connectivity index (χ1) is 7.80. The summed E-state index contributed by atoms with van der Waals surface area (Å²) in [5, 5.41) is 12.5. The van der Waals surface area contributed by atoms with E-state index in [1.807, 2.05) is 0 Å². The van der Waals surface area contributed by atoms with Crippen LogP contribution in [0, 0.1) is 5.92 Å². The van der Waals surface area contributed by atoms with Crippen LogP contribution in [-0.4, -0.2) is 48.8 Å². The zero-order valence-corrected chi connectivity index (χ0v) is 10.9. The van der Waals surface area contributed by atoms with E-state index in [9.17, 15) is 0 Å². The van der Waals surface area contributed by atoms with Gasteiger partial charge in [-0.1, -0.05) is 13.8 Å². The summed E-state index contributed by atoms with van der Waals surface area (Å²) in [5.41, 5.74) is 0. The molecule has 96 valence electrons. The van der Waals surface area contributed by atoms with Crippen molar-refractivity contribution in [3.63, 3.8) is 0 Å². The van der Waals surface area contributed by atoms with Crippen LogP contribution >= 0.6 is 0 Å². The third kappa shape index (κ3) is 5.83. The Kier molecular flexibility index (Phi) is 7.01. The van der Waals surface area contributed by atoms with Gasteiger partial charge in [-0.15, -0.1) is 0 Å². The zero-order valence-electron chi connectivity index (χ0n) is 10.9. The largest absolute Gasteiger partial charge is 0.396 e. The number of rotatable bonds is 10. The zero-order chi connectivity index (χ0) is 11.8. The van der Waals surface area contributed by atoms with Crippen molar-refractivity contribution in [3.8, 4) is 0 Å². The van der Waals surface area contributed by atoms with Crippen molar-refractivity contribution in [2.45, 2.75) is 45.6 Å². The van der Waals surface area contributed by atoms with Crippen molar-refractivity contribution < 1.29 is 5.11 Å². The monoisotopic (exact) mass is 228 g/mol. The molecule has 0 aromatic carbocycles. The fraction of sp³-hybridized carbons (Fsp3) is 1.00. The molecule has 1 atom stereocenters. The van der Waals surface area contributed by atoms with Crippen LogP contribution in [0.25, 0.3) is 0 Å². The Morgan fingerprint density at radius 1 is 1.38 bits per heavy atom. The summed E-state index contributed by atoms with van der Waals surface area (Å²) in [6.07, 6.45) is 4.95. The molecule has 3 nitrogen and oxygen atoms in total. The molecular formula is C13H28N2O. The Morgan fingerprint density at radius 2 is 2.12 bits per heavy atom. The molecule has 2 N–H and O–H groups in total. The van der Waals surface area contributed by atoms with Crippen LogP contribution in [0.2, 0.25) is 0 Å². The minimum absolute atomic E-state index is 0.293. The molecule has 1 aliphatic rings. The van der Waals surface area contributed by atoms with Gasteiger partial charge in [0.1, 0.15) is 0 Å². The number of hydrogen-bond acceptors (Lipinski definition) is 3. The molecule has 1 unspecified atom stereocenters. The van der Waals surface area contributed by atoms with E-state index in [0.717, 1.165) is 25.4 Å². The van der Waals surface area contributed by atoms with Gasteiger partial charge < -0.3 is 15.3 Å². The normalized spacial score (nSPS) is 18.0. The van der Waals surface area contributed by atoms with Gasteiger partial charge in [-0.3, -0.25) is 0 Å². The summed E-state index contributed by atoms with van der Waals surface area (Å²) in [5.74, 6) is 0.961. The Hall–Kier alpha value is -0.120. The van der Waals surface area contributed by atoms with Crippen LogP contribution in [-0.2, 0) is 0 Å². The van der Waals surface area contributed by atoms with Gasteiger partial charge >= 0.3 is 0 Å². The fourth-order valence-electron chi connectivity index (χ4n) is 2.25. The first-order valence-corrected chi connectivity index (χ1v) is 6.86. The summed E-state index contributed by atoms with van der Waals surface area (Å²) < 4.78 is 0. The SMILES string of the molecule is CCCN(CC1CC1)CC(CCO)NCC. The van der Waals surface area contributed by atoms with Crippen molar-refractivity contribution in [2.24, 2.45) is 5.92 Å². The Morgan fingerprint density at radius 3 is 2.62 bits per heavy atom. The van der Waals surface area contributed by atoms with E-state index < -0.39 is 0 Å². The maximum Gasteiger partial charge on any atom is 0.0446 e. The quantitative estimate of drug-likeness (QED) is 0.594. The highest BCUT2D eigenvalue weighted by molar-refractivity contribution is 4.80. The Bertz CT molecular complexity index is 165. The molecule has 1 fully saturated rings. The van der Waals surface area contributed by atoms with E-state index >= 15 is 0 Å². The van der Waals surface area contributed by atoms with E-state index in [1.165, 1.54) is 32.4 Å². The molecule has 0 heterocycles. The second-order valence-corrected chi connectivity index (χ2v) is 4.97. The molecule has 0 bridgehead atoms. The van der Waals surface area contributed by atoms with Gasteiger partial charge in [-0.2, -0.15) is 0 Å². The minimum Gasteiger partial charge on any atom is -0.396 e. The summed E-state index contributed by atoms with van der Waals surface area (Å²) in [6.45, 7) is 9.22. The van der Waals surface area contributed by atoms with Crippen molar-refractivity contribution in [1.82, 2.24) is 10.2 Å². The molecule has 16 heavy (non-hydrogen) atoms. The topological polar surface area (TPSA) is 35.5 Å². The molecule has 0 aromatic heterocycles. The second kappa shape index (κ2) is 8.04. The highest BCUT2D eigenvalue weighted by atomic mass is 16.3. The average molecular weight is 228 g/mol. The summed E-state index contributed by atoms with van der Waals surface area (Å²) in [6, 6.07) is 0.459. The molecule has 3 heteroatoms. The number of aliphatic hydroxyl groups is 1. The first-order valence-electron chi connectivity index (χ1n) is 6.86. The molecule has 0 saturated heterocycles. The minimum atomic E-state index is 0.293. The smallest absolute Gasteiger partial charge is 0.0446 e. The van der Waals surface area contributed by atoms with Crippen molar-refractivity contribution in [3.05, 3.63) is 0 Å². The van der Waals surface area contributed by atoms with Crippen LogP contribution < -0.4 is 5.32 Å². The summed E-state index contributed by atoms with van der Waals surface area (Å²) >= 11 is 0. The fourth-order valence-corrected chi connectivity index (χ4v) is 2.25. The van der Waals surface area contributed by atoms with Gasteiger partial charge in [0.2, 0.25) is 0 Å². The molecule has 0 aromatic rings. The van der Waals surface area contributed by atoms with E-state index in [2.05, 4.69) is 24.1 Å². The maximum atomic E-state index is 9.04. The molecule has 0 radical (unpaired) electrons. The summed E-state index contributed by atoms with van der Waals surface area (Å²) in [7, 11) is 0. The lowest BCUT2D eigenvalue weighted by Crippen LogP contribution is -2.42. The van der Waals surface area contributed by atoms with Gasteiger partial charge in [-0.05, 0) is 44.7 Å². The predicted molar refractivity (Wildman–Crippen MR) is 68.6 cm³/mol. The number of aliphatic hydroxyl groups excluding tert-OH is 1. The van der Waals surface area contributed by atoms with Crippen LogP contribution in [0.15, 0.2) is 0 Å². The van der Waals surface area contributed by atoms with Gasteiger partial charge in [0.05, 0.1) is 0 Å². The van der Waals surface area contributed by atoms with Crippen LogP contribution in [0.3, 0.4) is 0 Å². The molecule has 1 rings (SSSR count). The molecule has 0 aliphatic heterocycles. The van der Waals surface area contributed by atoms with Crippen LogP contribution in [0.4, 0.5) is 0 Å². The van der Waals surface area contributed by atoms with Crippen molar-refractivity contribution >= 4 is 0 Å². The molecular weight excluding hydrogens is 200 g/mol. The van der Waals surface area contributed by atoms with Crippen molar-refractivity contribution in [2.75, 3.05) is 32.8 Å². The molecule has 0 spiro atoms. The molecule has 1 saturated carbocycles. The van der Waals surface area contributed by atoms with Gasteiger partial charge in [0.15, 0.2) is 0 Å². The van der Waals surface area contributed by atoms with Crippen LogP contribution in [0.5, 0.6) is 0 Å². The summed E-state index contributed by atoms with van der Waals surface area (Å²) in [4.78, 5) is 2.57. The second-order valence-electron chi connectivity index (χ2n) is 4.97. The van der Waals surface area contributed by atoms with Crippen molar-refractivity contribution in [1.29, 1.82) is 0 Å².